The van der Waals surface area contributed by atoms with E-state index in [1.165, 1.54) is 0 Å². The number of amides is 1. The first-order valence-corrected chi connectivity index (χ1v) is 10.4. The van der Waals surface area contributed by atoms with Gasteiger partial charge in [0.25, 0.3) is 5.91 Å². The number of fused-ring (bicyclic) bond motifs is 3. The molecule has 1 saturated carbocycles. The molecule has 2 aliphatic heterocycles. The van der Waals surface area contributed by atoms with Crippen molar-refractivity contribution in [1.29, 1.82) is 0 Å². The third-order valence-corrected chi connectivity index (χ3v) is 6.49. The van der Waals surface area contributed by atoms with Crippen molar-refractivity contribution in [3.8, 4) is 0 Å². The van der Waals surface area contributed by atoms with Gasteiger partial charge in [0.1, 0.15) is 0 Å². The summed E-state index contributed by atoms with van der Waals surface area (Å²) in [7, 11) is 0. The van der Waals surface area contributed by atoms with E-state index in [2.05, 4.69) is 22.0 Å². The molecule has 3 heterocycles. The molecule has 1 saturated heterocycles. The zero-order chi connectivity index (χ0) is 19.1. The van der Waals surface area contributed by atoms with Crippen molar-refractivity contribution >= 4 is 16.8 Å². The van der Waals surface area contributed by atoms with Crippen molar-refractivity contribution in [2.75, 3.05) is 26.3 Å². The molecule has 2 unspecified atom stereocenters. The van der Waals surface area contributed by atoms with E-state index in [0.29, 0.717) is 6.54 Å². The third-order valence-electron chi connectivity index (χ3n) is 6.49. The maximum atomic E-state index is 13.3. The molecule has 1 aliphatic carbocycles. The van der Waals surface area contributed by atoms with Gasteiger partial charge in [0.15, 0.2) is 0 Å². The van der Waals surface area contributed by atoms with Crippen LogP contribution in [-0.2, 0) is 17.8 Å². The molecule has 2 aromatic rings. The van der Waals surface area contributed by atoms with E-state index in [1.54, 1.807) is 0 Å². The van der Waals surface area contributed by atoms with Gasteiger partial charge in [0.05, 0.1) is 30.9 Å². The fourth-order valence-corrected chi connectivity index (χ4v) is 4.97. The lowest BCUT2D eigenvalue weighted by molar-refractivity contribution is 0.0191. The summed E-state index contributed by atoms with van der Waals surface area (Å²) < 4.78 is 5.47. The summed E-state index contributed by atoms with van der Waals surface area (Å²) in [6.07, 6.45) is 5.17. The predicted molar refractivity (Wildman–Crippen MR) is 106 cm³/mol. The second-order valence-corrected chi connectivity index (χ2v) is 8.20. The van der Waals surface area contributed by atoms with Gasteiger partial charge in [-0.3, -0.25) is 14.7 Å². The fourth-order valence-electron chi connectivity index (χ4n) is 4.97. The molecule has 28 heavy (non-hydrogen) atoms. The molecule has 1 N–H and O–H groups in total. The van der Waals surface area contributed by atoms with E-state index in [1.807, 2.05) is 17.2 Å². The predicted octanol–water partition coefficient (Wildman–Crippen LogP) is 2.33. The van der Waals surface area contributed by atoms with Crippen LogP contribution in [0.1, 0.15) is 47.2 Å². The third kappa shape index (κ3) is 3.09. The van der Waals surface area contributed by atoms with Crippen LogP contribution < -0.4 is 0 Å². The van der Waals surface area contributed by atoms with Gasteiger partial charge in [-0.2, -0.15) is 0 Å². The molecule has 2 atom stereocenters. The molecule has 1 aromatic heterocycles. The Balaban J connectivity index is 1.52. The summed E-state index contributed by atoms with van der Waals surface area (Å²) in [6, 6.07) is 6.08. The topological polar surface area (TPSA) is 65.9 Å². The Morgan fingerprint density at radius 3 is 2.86 bits per heavy atom. The van der Waals surface area contributed by atoms with Gasteiger partial charge >= 0.3 is 0 Å². The highest BCUT2D eigenvalue weighted by molar-refractivity contribution is 6.04. The van der Waals surface area contributed by atoms with Gasteiger partial charge < -0.3 is 14.7 Å². The monoisotopic (exact) mass is 381 g/mol. The van der Waals surface area contributed by atoms with Crippen LogP contribution in [-0.4, -0.2) is 64.2 Å². The fraction of sp³-hybridized carbons (Fsp3) is 0.545. The molecule has 0 bridgehead atoms. The minimum atomic E-state index is -0.418. The van der Waals surface area contributed by atoms with Gasteiger partial charge in [-0.1, -0.05) is 18.9 Å². The number of benzene rings is 1. The number of aliphatic hydroxyl groups is 1. The highest BCUT2D eigenvalue weighted by Crippen LogP contribution is 2.36. The first-order chi connectivity index (χ1) is 13.7. The van der Waals surface area contributed by atoms with Crippen LogP contribution in [0.4, 0.5) is 0 Å². The molecule has 6 nitrogen and oxygen atoms in total. The van der Waals surface area contributed by atoms with Crippen LogP contribution in [0.15, 0.2) is 24.4 Å². The molecule has 1 amide bonds. The molecule has 0 spiro atoms. The van der Waals surface area contributed by atoms with Crippen LogP contribution in [0, 0.1) is 0 Å². The van der Waals surface area contributed by atoms with Crippen LogP contribution in [0.3, 0.4) is 0 Å². The van der Waals surface area contributed by atoms with Gasteiger partial charge in [-0.15, -0.1) is 0 Å². The number of pyridine rings is 1. The first-order valence-electron chi connectivity index (χ1n) is 10.4. The summed E-state index contributed by atoms with van der Waals surface area (Å²) in [5.74, 6) is 0.0525. The van der Waals surface area contributed by atoms with E-state index in [4.69, 9.17) is 4.74 Å². The SMILES string of the molecule is O=C1c2cc(CN3CCOCC3)c3cccnc3c2CN1C1CCCCC1O. The second kappa shape index (κ2) is 7.43. The summed E-state index contributed by atoms with van der Waals surface area (Å²) >= 11 is 0. The summed E-state index contributed by atoms with van der Waals surface area (Å²) in [5, 5.41) is 11.6. The number of rotatable bonds is 3. The smallest absolute Gasteiger partial charge is 0.254 e. The van der Waals surface area contributed by atoms with Gasteiger partial charge in [-0.05, 0) is 30.5 Å². The molecule has 5 rings (SSSR count). The standard InChI is InChI=1S/C22H27N3O3/c26-20-6-2-1-5-19(20)25-14-18-17(22(25)27)12-15(13-24-8-10-28-11-9-24)16-4-3-7-23-21(16)18/h3-4,7,12,19-20,26H,1-2,5-6,8-11,13-14H2. The first kappa shape index (κ1) is 18.0. The minimum Gasteiger partial charge on any atom is -0.391 e. The Morgan fingerprint density at radius 1 is 1.21 bits per heavy atom. The molecular weight excluding hydrogens is 354 g/mol. The number of aliphatic hydroxyl groups excluding tert-OH is 1. The van der Waals surface area contributed by atoms with Gasteiger partial charge in [0, 0.05) is 48.9 Å². The van der Waals surface area contributed by atoms with E-state index in [9.17, 15) is 9.90 Å². The van der Waals surface area contributed by atoms with Crippen LogP contribution in [0.25, 0.3) is 10.9 Å². The van der Waals surface area contributed by atoms with Crippen molar-refractivity contribution in [2.45, 2.75) is 50.9 Å². The average molecular weight is 381 g/mol. The van der Waals surface area contributed by atoms with Gasteiger partial charge in [0.2, 0.25) is 0 Å². The van der Waals surface area contributed by atoms with Crippen LogP contribution in [0.2, 0.25) is 0 Å². The zero-order valence-electron chi connectivity index (χ0n) is 16.1. The van der Waals surface area contributed by atoms with Crippen LogP contribution in [0.5, 0.6) is 0 Å². The van der Waals surface area contributed by atoms with E-state index >= 15 is 0 Å². The lowest BCUT2D eigenvalue weighted by Gasteiger charge is -2.35. The number of hydrogen-bond acceptors (Lipinski definition) is 5. The van der Waals surface area contributed by atoms with E-state index in [-0.39, 0.29) is 11.9 Å². The number of carbonyl (C=O) groups is 1. The van der Waals surface area contributed by atoms with Crippen molar-refractivity contribution in [3.63, 3.8) is 0 Å². The van der Waals surface area contributed by atoms with Gasteiger partial charge in [-0.25, -0.2) is 0 Å². The molecule has 0 radical (unpaired) electrons. The highest BCUT2D eigenvalue weighted by atomic mass is 16.5. The van der Waals surface area contributed by atoms with Crippen molar-refractivity contribution < 1.29 is 14.6 Å². The molecule has 148 valence electrons. The summed E-state index contributed by atoms with van der Waals surface area (Å²) in [6.45, 7) is 4.70. The normalized spacial score (nSPS) is 26.0. The molecule has 1 aromatic carbocycles. The van der Waals surface area contributed by atoms with Crippen molar-refractivity contribution in [1.82, 2.24) is 14.8 Å². The highest BCUT2D eigenvalue weighted by Gasteiger charge is 2.38. The Kier molecular flexibility index (Phi) is 4.78. The number of hydrogen-bond donors (Lipinski definition) is 1. The van der Waals surface area contributed by atoms with Crippen molar-refractivity contribution in [2.24, 2.45) is 0 Å². The number of nitrogens with zero attached hydrogens (tertiary/aromatic N) is 3. The van der Waals surface area contributed by atoms with Crippen LogP contribution >= 0.6 is 0 Å². The number of ether oxygens (including phenoxy) is 1. The Hall–Kier alpha value is -2.02. The summed E-state index contributed by atoms with van der Waals surface area (Å²) in [4.78, 5) is 22.2. The lowest BCUT2D eigenvalue weighted by atomic mass is 9.91. The Labute approximate surface area is 165 Å². The zero-order valence-corrected chi connectivity index (χ0v) is 16.1. The van der Waals surface area contributed by atoms with E-state index in [0.717, 1.165) is 86.1 Å². The number of aromatic nitrogens is 1. The Morgan fingerprint density at radius 2 is 2.04 bits per heavy atom. The average Bonchev–Trinajstić information content (AvgIpc) is 3.06. The van der Waals surface area contributed by atoms with E-state index < -0.39 is 6.10 Å². The molecular formula is C22H27N3O3. The minimum absolute atomic E-state index is 0.0525. The number of carbonyl (C=O) groups excluding carboxylic acids is 1. The Bertz CT molecular complexity index is 894. The number of morpholine rings is 1. The van der Waals surface area contributed by atoms with Crippen molar-refractivity contribution in [3.05, 3.63) is 41.1 Å². The maximum Gasteiger partial charge on any atom is 0.254 e. The molecule has 3 aliphatic rings. The summed E-state index contributed by atoms with van der Waals surface area (Å²) in [5.41, 5.74) is 3.88. The second-order valence-electron chi connectivity index (χ2n) is 8.20. The maximum absolute atomic E-state index is 13.3. The molecule has 2 fully saturated rings. The lowest BCUT2D eigenvalue weighted by Crippen LogP contribution is -2.45. The molecule has 6 heteroatoms. The quantitative estimate of drug-likeness (QED) is 0.884. The largest absolute Gasteiger partial charge is 0.391 e.